The van der Waals surface area contributed by atoms with E-state index >= 15 is 0 Å². The Balaban J connectivity index is 2.70. The van der Waals surface area contributed by atoms with Crippen LogP contribution >= 0.6 is 11.3 Å². The van der Waals surface area contributed by atoms with Crippen molar-refractivity contribution in [2.45, 2.75) is 39.3 Å². The highest BCUT2D eigenvalue weighted by Crippen LogP contribution is 2.18. The Morgan fingerprint density at radius 2 is 2.19 bits per heavy atom. The molecule has 1 aromatic heterocycles. The number of nitrogens with one attached hydrogen (secondary N) is 1. The lowest BCUT2D eigenvalue weighted by molar-refractivity contribution is 0.0691. The number of carbonyl (C=O) groups excluding carboxylic acids is 1. The predicted molar refractivity (Wildman–Crippen MR) is 78.1 cm³/mol. The molecule has 0 aliphatic carbocycles. The molecule has 7 nitrogen and oxygen atoms in total. The molecule has 0 bridgehead atoms. The first-order chi connectivity index (χ1) is 9.86. The first-order valence-corrected chi connectivity index (χ1v) is 7.37. The fraction of sp³-hybridized carbons (Fsp3) is 0.538. The molecule has 21 heavy (non-hydrogen) atoms. The van der Waals surface area contributed by atoms with Crippen LogP contribution in [-0.2, 0) is 0 Å². The molecule has 0 fully saturated rings. The van der Waals surface area contributed by atoms with Crippen molar-refractivity contribution < 1.29 is 14.7 Å². The van der Waals surface area contributed by atoms with Gasteiger partial charge < -0.3 is 15.3 Å². The van der Waals surface area contributed by atoms with Crippen molar-refractivity contribution in [2.75, 3.05) is 6.54 Å². The van der Waals surface area contributed by atoms with Crippen molar-refractivity contribution >= 4 is 23.3 Å². The second-order valence-electron chi connectivity index (χ2n) is 4.74. The molecule has 8 heteroatoms. The van der Waals surface area contributed by atoms with Crippen LogP contribution in [0.25, 0.3) is 0 Å². The largest absolute Gasteiger partial charge is 0.476 e. The Bertz CT molecular complexity index is 550. The van der Waals surface area contributed by atoms with Crippen LogP contribution in [0, 0.1) is 11.3 Å². The number of thiazole rings is 1. The molecule has 0 aromatic carbocycles. The average molecular weight is 310 g/mol. The van der Waals surface area contributed by atoms with Crippen LogP contribution < -0.4 is 5.32 Å². The van der Waals surface area contributed by atoms with E-state index in [1.165, 1.54) is 16.7 Å². The number of hydrogen-bond acceptors (Lipinski definition) is 5. The summed E-state index contributed by atoms with van der Waals surface area (Å²) >= 11 is 1.19. The van der Waals surface area contributed by atoms with E-state index in [0.29, 0.717) is 11.6 Å². The molecule has 0 aliphatic rings. The lowest BCUT2D eigenvalue weighted by atomic mass is 10.3. The molecule has 1 rings (SSSR count). The number of carbonyl (C=O) groups is 2. The molecule has 1 unspecified atom stereocenters. The smallest absolute Gasteiger partial charge is 0.355 e. The highest BCUT2D eigenvalue weighted by atomic mass is 32.1. The molecular formula is C13H18N4O3S. The highest BCUT2D eigenvalue weighted by molar-refractivity contribution is 7.09. The van der Waals surface area contributed by atoms with Gasteiger partial charge in [-0.2, -0.15) is 5.26 Å². The molecule has 0 aliphatic heterocycles. The monoisotopic (exact) mass is 310 g/mol. The summed E-state index contributed by atoms with van der Waals surface area (Å²) in [5, 5.41) is 22.2. The number of amides is 2. The third kappa shape index (κ3) is 4.72. The standard InChI is InChI=1S/C13H18N4O3S/c1-8(2)17(6-4-5-14)13(20)15-9(3)11-16-10(7-21-11)12(18)19/h7-9H,4,6H2,1-3H3,(H,15,20)(H,18,19). The van der Waals surface area contributed by atoms with E-state index in [1.807, 2.05) is 19.9 Å². The number of nitriles is 1. The van der Waals surface area contributed by atoms with Crippen molar-refractivity contribution in [2.24, 2.45) is 0 Å². The minimum Gasteiger partial charge on any atom is -0.476 e. The normalized spacial score (nSPS) is 11.8. The second-order valence-corrected chi connectivity index (χ2v) is 5.63. The maximum Gasteiger partial charge on any atom is 0.355 e. The summed E-state index contributed by atoms with van der Waals surface area (Å²) in [7, 11) is 0. The van der Waals surface area contributed by atoms with E-state index < -0.39 is 5.97 Å². The molecule has 1 aromatic rings. The minimum atomic E-state index is -1.09. The number of aromatic nitrogens is 1. The zero-order chi connectivity index (χ0) is 16.0. The number of hydrogen-bond donors (Lipinski definition) is 2. The molecular weight excluding hydrogens is 292 g/mol. The van der Waals surface area contributed by atoms with Crippen molar-refractivity contribution in [3.63, 3.8) is 0 Å². The van der Waals surface area contributed by atoms with Crippen LogP contribution in [0.4, 0.5) is 4.79 Å². The van der Waals surface area contributed by atoms with Crippen molar-refractivity contribution in [1.82, 2.24) is 15.2 Å². The zero-order valence-electron chi connectivity index (χ0n) is 12.2. The van der Waals surface area contributed by atoms with Crippen LogP contribution in [0.5, 0.6) is 0 Å². The van der Waals surface area contributed by atoms with Crippen molar-refractivity contribution in [3.8, 4) is 6.07 Å². The molecule has 0 spiro atoms. The van der Waals surface area contributed by atoms with Crippen LogP contribution in [0.15, 0.2) is 5.38 Å². The van der Waals surface area contributed by atoms with E-state index in [4.69, 9.17) is 10.4 Å². The Labute approximate surface area is 127 Å². The molecule has 2 N–H and O–H groups in total. The number of nitrogens with zero attached hydrogens (tertiary/aromatic N) is 3. The van der Waals surface area contributed by atoms with E-state index in [1.54, 1.807) is 11.8 Å². The number of carboxylic acids is 1. The average Bonchev–Trinajstić information content (AvgIpc) is 2.88. The van der Waals surface area contributed by atoms with Gasteiger partial charge in [-0.3, -0.25) is 0 Å². The SMILES string of the molecule is CC(NC(=O)N(CCC#N)C(C)C)c1nc(C(=O)O)cs1. The van der Waals surface area contributed by atoms with Crippen molar-refractivity contribution in [1.29, 1.82) is 5.26 Å². The van der Waals surface area contributed by atoms with Gasteiger partial charge in [-0.05, 0) is 20.8 Å². The number of rotatable bonds is 6. The van der Waals surface area contributed by atoms with Gasteiger partial charge in [-0.25, -0.2) is 14.6 Å². The van der Waals surface area contributed by atoms with Gasteiger partial charge >= 0.3 is 12.0 Å². The van der Waals surface area contributed by atoms with Gasteiger partial charge in [0.25, 0.3) is 0 Å². The molecule has 1 atom stereocenters. The minimum absolute atomic E-state index is 0.0266. The van der Waals surface area contributed by atoms with Crippen LogP contribution in [0.2, 0.25) is 0 Å². The molecule has 0 radical (unpaired) electrons. The Morgan fingerprint density at radius 1 is 1.52 bits per heavy atom. The first-order valence-electron chi connectivity index (χ1n) is 6.49. The van der Waals surface area contributed by atoms with Crippen LogP contribution in [0.1, 0.15) is 48.7 Å². The molecule has 0 saturated carbocycles. The Kier molecular flexibility index (Phi) is 6.11. The van der Waals surface area contributed by atoms with E-state index in [-0.39, 0.29) is 30.2 Å². The lowest BCUT2D eigenvalue weighted by Gasteiger charge is -2.27. The van der Waals surface area contributed by atoms with Gasteiger partial charge in [0, 0.05) is 18.0 Å². The van der Waals surface area contributed by atoms with Gasteiger partial charge in [-0.1, -0.05) is 0 Å². The quantitative estimate of drug-likeness (QED) is 0.838. The summed E-state index contributed by atoms with van der Waals surface area (Å²) in [5.41, 5.74) is -0.0266. The van der Waals surface area contributed by atoms with E-state index in [0.717, 1.165) is 0 Å². The molecule has 1 heterocycles. The lowest BCUT2D eigenvalue weighted by Crippen LogP contribution is -2.45. The highest BCUT2D eigenvalue weighted by Gasteiger charge is 2.21. The molecule has 0 saturated heterocycles. The number of aromatic carboxylic acids is 1. The van der Waals surface area contributed by atoms with E-state index in [2.05, 4.69) is 10.3 Å². The predicted octanol–water partition coefficient (Wildman–Crippen LogP) is 2.24. The summed E-state index contributed by atoms with van der Waals surface area (Å²) in [4.78, 5) is 28.5. The molecule has 114 valence electrons. The zero-order valence-corrected chi connectivity index (χ0v) is 13.0. The Hall–Kier alpha value is -2.14. The fourth-order valence-corrected chi connectivity index (χ4v) is 2.48. The third-order valence-electron chi connectivity index (χ3n) is 2.80. The fourth-order valence-electron chi connectivity index (χ4n) is 1.68. The van der Waals surface area contributed by atoms with Gasteiger partial charge in [0.2, 0.25) is 0 Å². The second kappa shape index (κ2) is 7.59. The van der Waals surface area contributed by atoms with Gasteiger partial charge in [0.15, 0.2) is 5.69 Å². The third-order valence-corrected chi connectivity index (χ3v) is 3.83. The summed E-state index contributed by atoms with van der Waals surface area (Å²) in [6.07, 6.45) is 0.264. The first kappa shape index (κ1) is 16.9. The van der Waals surface area contributed by atoms with E-state index in [9.17, 15) is 9.59 Å². The maximum atomic E-state index is 12.2. The molecule has 2 amide bonds. The summed E-state index contributed by atoms with van der Waals surface area (Å²) in [6.45, 7) is 5.83. The van der Waals surface area contributed by atoms with Crippen LogP contribution in [0.3, 0.4) is 0 Å². The van der Waals surface area contributed by atoms with Crippen molar-refractivity contribution in [3.05, 3.63) is 16.1 Å². The summed E-state index contributed by atoms with van der Waals surface area (Å²) in [6, 6.07) is 1.30. The Morgan fingerprint density at radius 3 is 2.67 bits per heavy atom. The van der Waals surface area contributed by atoms with Gasteiger partial charge in [-0.15, -0.1) is 11.3 Å². The van der Waals surface area contributed by atoms with Gasteiger partial charge in [0.05, 0.1) is 18.5 Å². The summed E-state index contributed by atoms with van der Waals surface area (Å²) in [5.74, 6) is -1.09. The van der Waals surface area contributed by atoms with Gasteiger partial charge in [0.1, 0.15) is 5.01 Å². The van der Waals surface area contributed by atoms with Crippen LogP contribution in [-0.4, -0.2) is 39.6 Å². The topological polar surface area (TPSA) is 106 Å². The number of carboxylic acid groups (broad SMARTS) is 1. The summed E-state index contributed by atoms with van der Waals surface area (Å²) < 4.78 is 0. The maximum absolute atomic E-state index is 12.2. The number of urea groups is 1.